The fourth-order valence-corrected chi connectivity index (χ4v) is 4.31. The summed E-state index contributed by atoms with van der Waals surface area (Å²) in [5, 5.41) is 6.09. The van der Waals surface area contributed by atoms with Gasteiger partial charge in [0.15, 0.2) is 0 Å². The topological polar surface area (TPSA) is 41.1 Å². The molecule has 2 saturated heterocycles. The number of halogens is 2. The van der Waals surface area contributed by atoms with E-state index in [2.05, 4.69) is 22.8 Å². The van der Waals surface area contributed by atoms with Crippen LogP contribution in [0.3, 0.4) is 0 Å². The standard InChI is InChI=1S/C17H20F2N2O/c18-17(19)9-12-5-6-14(17)15(20-12)16(22)21-13-7-10-3-1-2-4-11(10)8-13/h1-4,12-15,20H,5-9H2,(H,21,22)/t12-,14-,15-/m0/s1. The summed E-state index contributed by atoms with van der Waals surface area (Å²) in [4.78, 5) is 12.5. The van der Waals surface area contributed by atoms with E-state index in [-0.39, 0.29) is 24.4 Å². The number of hydrogen-bond acceptors (Lipinski definition) is 2. The van der Waals surface area contributed by atoms with Gasteiger partial charge in [0.05, 0.1) is 6.04 Å². The lowest BCUT2D eigenvalue weighted by Crippen LogP contribution is -2.66. The minimum atomic E-state index is -2.71. The molecule has 2 N–H and O–H groups in total. The molecule has 1 saturated carbocycles. The lowest BCUT2D eigenvalue weighted by atomic mass is 9.73. The number of nitrogens with one attached hydrogen (secondary N) is 2. The van der Waals surface area contributed by atoms with E-state index in [1.165, 1.54) is 11.1 Å². The second-order valence-electron chi connectivity index (χ2n) is 6.87. The molecule has 22 heavy (non-hydrogen) atoms. The van der Waals surface area contributed by atoms with Crippen LogP contribution in [0.2, 0.25) is 0 Å². The van der Waals surface area contributed by atoms with Gasteiger partial charge in [-0.25, -0.2) is 8.78 Å². The van der Waals surface area contributed by atoms with Crippen LogP contribution in [0.4, 0.5) is 8.78 Å². The number of carbonyl (C=O) groups excluding carboxylic acids is 1. The zero-order valence-electron chi connectivity index (χ0n) is 12.3. The largest absolute Gasteiger partial charge is 0.351 e. The molecule has 2 bridgehead atoms. The molecule has 0 aromatic heterocycles. The van der Waals surface area contributed by atoms with E-state index in [4.69, 9.17) is 0 Å². The summed E-state index contributed by atoms with van der Waals surface area (Å²) in [5.41, 5.74) is 2.49. The van der Waals surface area contributed by atoms with Crippen LogP contribution in [0.5, 0.6) is 0 Å². The van der Waals surface area contributed by atoms with E-state index < -0.39 is 17.9 Å². The van der Waals surface area contributed by atoms with Gasteiger partial charge in [-0.1, -0.05) is 24.3 Å². The Morgan fingerprint density at radius 2 is 1.86 bits per heavy atom. The zero-order valence-corrected chi connectivity index (χ0v) is 12.3. The maximum atomic E-state index is 14.0. The van der Waals surface area contributed by atoms with Crippen molar-refractivity contribution in [3.05, 3.63) is 35.4 Å². The van der Waals surface area contributed by atoms with Crippen LogP contribution in [0.1, 0.15) is 30.4 Å². The molecule has 5 rings (SSSR count). The summed E-state index contributed by atoms with van der Waals surface area (Å²) in [6.45, 7) is 0. The second-order valence-corrected chi connectivity index (χ2v) is 6.87. The Kier molecular flexibility index (Phi) is 3.22. The van der Waals surface area contributed by atoms with Gasteiger partial charge in [0, 0.05) is 24.4 Å². The average Bonchev–Trinajstić information content (AvgIpc) is 2.88. The van der Waals surface area contributed by atoms with Gasteiger partial charge in [-0.15, -0.1) is 0 Å². The summed E-state index contributed by atoms with van der Waals surface area (Å²) in [6.07, 6.45) is 2.64. The van der Waals surface area contributed by atoms with E-state index in [0.29, 0.717) is 6.42 Å². The highest BCUT2D eigenvalue weighted by Gasteiger charge is 2.55. The first kappa shape index (κ1) is 14.1. The molecule has 0 radical (unpaired) electrons. The molecule has 5 heteroatoms. The van der Waals surface area contributed by atoms with Crippen LogP contribution in [0.25, 0.3) is 0 Å². The molecule has 118 valence electrons. The molecule has 1 aromatic carbocycles. The van der Waals surface area contributed by atoms with E-state index in [1.807, 2.05) is 12.1 Å². The third-order valence-corrected chi connectivity index (χ3v) is 5.38. The first-order valence-corrected chi connectivity index (χ1v) is 8.04. The minimum absolute atomic E-state index is 0.0285. The first-order chi connectivity index (χ1) is 10.5. The number of hydrogen-bond donors (Lipinski definition) is 2. The predicted octanol–water partition coefficient (Wildman–Crippen LogP) is 2.05. The van der Waals surface area contributed by atoms with Crippen molar-refractivity contribution in [2.75, 3.05) is 0 Å². The summed E-state index contributed by atoms with van der Waals surface area (Å²) >= 11 is 0. The van der Waals surface area contributed by atoms with E-state index >= 15 is 0 Å². The number of fused-ring (bicyclic) bond motifs is 4. The molecule has 3 fully saturated rings. The summed E-state index contributed by atoms with van der Waals surface area (Å²) in [5.74, 6) is -3.83. The molecule has 2 heterocycles. The molecule has 3 nitrogen and oxygen atoms in total. The van der Waals surface area contributed by atoms with Gasteiger partial charge in [-0.05, 0) is 36.8 Å². The van der Waals surface area contributed by atoms with Crippen molar-refractivity contribution in [3.63, 3.8) is 0 Å². The number of carbonyl (C=O) groups is 1. The Morgan fingerprint density at radius 3 is 2.45 bits per heavy atom. The Balaban J connectivity index is 1.43. The predicted molar refractivity (Wildman–Crippen MR) is 78.8 cm³/mol. The van der Waals surface area contributed by atoms with Crippen molar-refractivity contribution in [1.29, 1.82) is 0 Å². The quantitative estimate of drug-likeness (QED) is 0.878. The zero-order chi connectivity index (χ0) is 15.3. The van der Waals surface area contributed by atoms with Crippen LogP contribution in [-0.2, 0) is 17.6 Å². The maximum Gasteiger partial charge on any atom is 0.254 e. The fourth-order valence-electron chi connectivity index (χ4n) is 4.31. The Bertz CT molecular complexity index is 579. The third-order valence-electron chi connectivity index (χ3n) is 5.38. The molecule has 1 aromatic rings. The number of alkyl halides is 2. The highest BCUT2D eigenvalue weighted by atomic mass is 19.3. The average molecular weight is 306 g/mol. The lowest BCUT2D eigenvalue weighted by molar-refractivity contribution is -0.154. The van der Waals surface area contributed by atoms with Crippen molar-refractivity contribution in [2.45, 2.75) is 56.2 Å². The van der Waals surface area contributed by atoms with Gasteiger partial charge in [-0.3, -0.25) is 4.79 Å². The third kappa shape index (κ3) is 2.32. The summed E-state index contributed by atoms with van der Waals surface area (Å²) < 4.78 is 28.0. The van der Waals surface area contributed by atoms with Gasteiger partial charge < -0.3 is 10.6 Å². The number of benzene rings is 1. The molecule has 0 unspecified atom stereocenters. The normalized spacial score (nSPS) is 32.7. The smallest absolute Gasteiger partial charge is 0.254 e. The van der Waals surface area contributed by atoms with Crippen LogP contribution in [0, 0.1) is 5.92 Å². The first-order valence-electron chi connectivity index (χ1n) is 8.04. The van der Waals surface area contributed by atoms with Crippen LogP contribution in [-0.4, -0.2) is 30.0 Å². The SMILES string of the molecule is O=C(NC1Cc2ccccc2C1)[C@H]1N[C@H]2CC[C@@H]1C(F)(F)C2. The van der Waals surface area contributed by atoms with Gasteiger partial charge in [0.25, 0.3) is 5.92 Å². The molecule has 4 aliphatic rings. The summed E-state index contributed by atoms with van der Waals surface area (Å²) in [7, 11) is 0. The van der Waals surface area contributed by atoms with E-state index in [0.717, 1.165) is 19.3 Å². The maximum absolute atomic E-state index is 14.0. The highest BCUT2D eigenvalue weighted by Crippen LogP contribution is 2.44. The lowest BCUT2D eigenvalue weighted by Gasteiger charge is -2.47. The molecule has 1 amide bonds. The molecule has 0 spiro atoms. The van der Waals surface area contributed by atoms with Crippen molar-refractivity contribution < 1.29 is 13.6 Å². The fraction of sp³-hybridized carbons (Fsp3) is 0.588. The number of rotatable bonds is 2. The minimum Gasteiger partial charge on any atom is -0.351 e. The van der Waals surface area contributed by atoms with E-state index in [9.17, 15) is 13.6 Å². The van der Waals surface area contributed by atoms with Crippen molar-refractivity contribution in [2.24, 2.45) is 5.92 Å². The molecule has 3 atom stereocenters. The Labute approximate surface area is 128 Å². The van der Waals surface area contributed by atoms with Crippen LogP contribution >= 0.6 is 0 Å². The van der Waals surface area contributed by atoms with Crippen LogP contribution < -0.4 is 10.6 Å². The monoisotopic (exact) mass is 306 g/mol. The van der Waals surface area contributed by atoms with Gasteiger partial charge in [0.2, 0.25) is 5.91 Å². The van der Waals surface area contributed by atoms with Crippen molar-refractivity contribution in [3.8, 4) is 0 Å². The van der Waals surface area contributed by atoms with Gasteiger partial charge >= 0.3 is 0 Å². The van der Waals surface area contributed by atoms with E-state index in [1.54, 1.807) is 0 Å². The summed E-state index contributed by atoms with van der Waals surface area (Å²) in [6, 6.07) is 7.17. The second kappa shape index (κ2) is 5.01. The molecule has 2 aliphatic carbocycles. The van der Waals surface area contributed by atoms with Crippen molar-refractivity contribution in [1.82, 2.24) is 10.6 Å². The molecular weight excluding hydrogens is 286 g/mol. The number of piperidine rings is 2. The Morgan fingerprint density at radius 1 is 1.18 bits per heavy atom. The van der Waals surface area contributed by atoms with Gasteiger partial charge in [-0.2, -0.15) is 0 Å². The van der Waals surface area contributed by atoms with Crippen molar-refractivity contribution >= 4 is 5.91 Å². The molecular formula is C17H20F2N2O. The molecule has 2 aliphatic heterocycles. The number of amides is 1. The Hall–Kier alpha value is -1.49. The highest BCUT2D eigenvalue weighted by molar-refractivity contribution is 5.83. The van der Waals surface area contributed by atoms with Gasteiger partial charge in [0.1, 0.15) is 0 Å². The van der Waals surface area contributed by atoms with Crippen LogP contribution in [0.15, 0.2) is 24.3 Å².